The molecule has 1 heteroatoms. The third kappa shape index (κ3) is 4.86. The van der Waals surface area contributed by atoms with Gasteiger partial charge in [-0.15, -0.1) is 0 Å². The van der Waals surface area contributed by atoms with Crippen LogP contribution in [0.25, 0.3) is 76.1 Å². The Morgan fingerprint density at radius 3 is 1.45 bits per heavy atom. The Bertz CT molecular complexity index is 2920. The quantitative estimate of drug-likeness (QED) is 0.168. The van der Waals surface area contributed by atoms with Gasteiger partial charge in [-0.25, -0.2) is 0 Å². The van der Waals surface area contributed by atoms with E-state index in [9.17, 15) is 0 Å². The monoisotopic (exact) mass is 647 g/mol. The average molecular weight is 648 g/mol. The first-order chi connectivity index (χ1) is 25.3. The second kappa shape index (κ2) is 12.0. The van der Waals surface area contributed by atoms with Gasteiger partial charge in [-0.05, 0) is 101 Å². The molecule has 0 aliphatic heterocycles. The zero-order valence-electron chi connectivity index (χ0n) is 28.0. The summed E-state index contributed by atoms with van der Waals surface area (Å²) in [6.45, 7) is 0. The third-order valence-corrected chi connectivity index (χ3v) is 10.4. The van der Waals surface area contributed by atoms with E-state index in [1.807, 2.05) is 0 Å². The Kier molecular flexibility index (Phi) is 6.89. The van der Waals surface area contributed by atoms with Crippen molar-refractivity contribution in [2.24, 2.45) is 0 Å². The number of nitrogens with zero attached hydrogens (tertiary/aromatic N) is 1. The standard InChI is InChI=1S/C50H33N/c1-2-16-35(17-3-1)49-46-27-12-9-24-43(46)44-25-10-13-28-47(44)50(49)38-20-14-21-39(32-38)51(40-30-29-34-15-4-5-18-36(34)31-40)48-33-37-19-6-7-22-41(37)42-23-8-11-26-45(42)48/h1-33H. The zero-order valence-corrected chi connectivity index (χ0v) is 28.0. The fraction of sp³-hybridized carbons (Fsp3) is 0. The van der Waals surface area contributed by atoms with Crippen LogP contribution in [0.3, 0.4) is 0 Å². The van der Waals surface area contributed by atoms with Gasteiger partial charge in [0.2, 0.25) is 0 Å². The summed E-state index contributed by atoms with van der Waals surface area (Å²) >= 11 is 0. The van der Waals surface area contributed by atoms with Gasteiger partial charge in [0.15, 0.2) is 0 Å². The van der Waals surface area contributed by atoms with Crippen molar-refractivity contribution < 1.29 is 0 Å². The number of benzene rings is 10. The lowest BCUT2D eigenvalue weighted by molar-refractivity contribution is 1.31. The molecule has 0 fully saturated rings. The van der Waals surface area contributed by atoms with Crippen LogP contribution in [0.15, 0.2) is 200 Å². The van der Waals surface area contributed by atoms with Gasteiger partial charge >= 0.3 is 0 Å². The summed E-state index contributed by atoms with van der Waals surface area (Å²) in [5, 5.41) is 12.4. The lowest BCUT2D eigenvalue weighted by Gasteiger charge is -2.28. The van der Waals surface area contributed by atoms with E-state index < -0.39 is 0 Å². The number of anilines is 3. The van der Waals surface area contributed by atoms with Crippen molar-refractivity contribution in [1.82, 2.24) is 0 Å². The summed E-state index contributed by atoms with van der Waals surface area (Å²) in [7, 11) is 0. The SMILES string of the molecule is c1ccc(-c2c(-c3cccc(N(c4ccc5ccccc5c4)c4cc5ccccc5c5ccccc45)c3)c3ccccc3c3ccccc23)cc1. The van der Waals surface area contributed by atoms with Crippen molar-refractivity contribution in [3.8, 4) is 22.3 Å². The van der Waals surface area contributed by atoms with Crippen LogP contribution in [-0.2, 0) is 0 Å². The molecule has 0 unspecified atom stereocenters. The van der Waals surface area contributed by atoms with Crippen molar-refractivity contribution in [3.63, 3.8) is 0 Å². The molecule has 1 nitrogen and oxygen atoms in total. The molecule has 0 saturated carbocycles. The fourth-order valence-corrected chi connectivity index (χ4v) is 8.11. The molecule has 10 rings (SSSR count). The minimum absolute atomic E-state index is 1.11. The van der Waals surface area contributed by atoms with Crippen molar-refractivity contribution in [2.75, 3.05) is 4.90 Å². The number of fused-ring (bicyclic) bond motifs is 7. The predicted molar refractivity (Wildman–Crippen MR) is 220 cm³/mol. The van der Waals surface area contributed by atoms with Crippen molar-refractivity contribution in [2.45, 2.75) is 0 Å². The van der Waals surface area contributed by atoms with E-state index >= 15 is 0 Å². The number of hydrogen-bond acceptors (Lipinski definition) is 1. The third-order valence-electron chi connectivity index (χ3n) is 10.4. The van der Waals surface area contributed by atoms with Crippen LogP contribution in [-0.4, -0.2) is 0 Å². The molecule has 0 N–H and O–H groups in total. The zero-order chi connectivity index (χ0) is 33.7. The van der Waals surface area contributed by atoms with Gasteiger partial charge in [-0.1, -0.05) is 170 Å². The van der Waals surface area contributed by atoms with Crippen LogP contribution in [0.4, 0.5) is 17.1 Å². The first-order valence-corrected chi connectivity index (χ1v) is 17.6. The molecule has 0 radical (unpaired) electrons. The molecule has 0 aliphatic carbocycles. The Labute approximate surface area is 297 Å². The second-order valence-electron chi connectivity index (χ2n) is 13.3. The van der Waals surface area contributed by atoms with E-state index in [1.54, 1.807) is 0 Å². The van der Waals surface area contributed by atoms with E-state index in [2.05, 4.69) is 205 Å². The molecule has 0 bridgehead atoms. The lowest BCUT2D eigenvalue weighted by atomic mass is 9.85. The molecule has 51 heavy (non-hydrogen) atoms. The van der Waals surface area contributed by atoms with Gasteiger partial charge in [0.25, 0.3) is 0 Å². The van der Waals surface area contributed by atoms with E-state index in [0.29, 0.717) is 0 Å². The molecular formula is C50H33N. The highest BCUT2D eigenvalue weighted by Crippen LogP contribution is 2.47. The molecule has 10 aromatic rings. The predicted octanol–water partition coefficient (Wildman–Crippen LogP) is 14.3. The molecular weight excluding hydrogens is 615 g/mol. The van der Waals surface area contributed by atoms with Gasteiger partial charge in [0.05, 0.1) is 5.69 Å². The van der Waals surface area contributed by atoms with Gasteiger partial charge in [0, 0.05) is 16.8 Å². The molecule has 0 saturated heterocycles. The van der Waals surface area contributed by atoms with Crippen LogP contribution < -0.4 is 4.90 Å². The van der Waals surface area contributed by atoms with Gasteiger partial charge in [-0.2, -0.15) is 0 Å². The lowest BCUT2D eigenvalue weighted by Crippen LogP contribution is -2.11. The van der Waals surface area contributed by atoms with Crippen molar-refractivity contribution in [1.29, 1.82) is 0 Å². The van der Waals surface area contributed by atoms with Crippen molar-refractivity contribution in [3.05, 3.63) is 200 Å². The second-order valence-corrected chi connectivity index (χ2v) is 13.3. The van der Waals surface area contributed by atoms with Gasteiger partial charge in [0.1, 0.15) is 0 Å². The minimum Gasteiger partial charge on any atom is -0.310 e. The minimum atomic E-state index is 1.11. The Balaban J connectivity index is 1.29. The maximum absolute atomic E-state index is 2.45. The molecule has 0 spiro atoms. The highest BCUT2D eigenvalue weighted by molar-refractivity contribution is 6.22. The highest BCUT2D eigenvalue weighted by atomic mass is 15.1. The van der Waals surface area contributed by atoms with Crippen LogP contribution in [0.1, 0.15) is 0 Å². The summed E-state index contributed by atoms with van der Waals surface area (Å²) in [5.41, 5.74) is 8.30. The van der Waals surface area contributed by atoms with Gasteiger partial charge in [-0.3, -0.25) is 0 Å². The van der Waals surface area contributed by atoms with Crippen LogP contribution in [0, 0.1) is 0 Å². The highest BCUT2D eigenvalue weighted by Gasteiger charge is 2.21. The topological polar surface area (TPSA) is 3.24 Å². The first kappa shape index (κ1) is 29.2. The number of rotatable bonds is 5. The largest absolute Gasteiger partial charge is 0.310 e. The fourth-order valence-electron chi connectivity index (χ4n) is 8.11. The maximum Gasteiger partial charge on any atom is 0.0546 e. The summed E-state index contributed by atoms with van der Waals surface area (Å²) in [4.78, 5) is 2.45. The summed E-state index contributed by atoms with van der Waals surface area (Å²) < 4.78 is 0. The molecule has 10 aromatic carbocycles. The molecule has 238 valence electrons. The van der Waals surface area contributed by atoms with Crippen LogP contribution in [0.2, 0.25) is 0 Å². The Hall–Kier alpha value is -6.70. The Morgan fingerprint density at radius 1 is 0.255 bits per heavy atom. The van der Waals surface area contributed by atoms with E-state index in [0.717, 1.165) is 17.1 Å². The Morgan fingerprint density at radius 2 is 0.745 bits per heavy atom. The van der Waals surface area contributed by atoms with Crippen LogP contribution in [0.5, 0.6) is 0 Å². The smallest absolute Gasteiger partial charge is 0.0546 e. The summed E-state index contributed by atoms with van der Waals surface area (Å²) in [6.07, 6.45) is 0. The molecule has 0 atom stereocenters. The summed E-state index contributed by atoms with van der Waals surface area (Å²) in [5.74, 6) is 0. The van der Waals surface area contributed by atoms with E-state index in [4.69, 9.17) is 0 Å². The summed E-state index contributed by atoms with van der Waals surface area (Å²) in [6, 6.07) is 73.1. The maximum atomic E-state index is 2.45. The molecule has 0 heterocycles. The molecule has 0 amide bonds. The van der Waals surface area contributed by atoms with Crippen molar-refractivity contribution >= 4 is 70.9 Å². The average Bonchev–Trinajstić information content (AvgIpc) is 3.21. The molecule has 0 aromatic heterocycles. The van der Waals surface area contributed by atoms with Crippen LogP contribution >= 0.6 is 0 Å². The molecule has 0 aliphatic rings. The van der Waals surface area contributed by atoms with E-state index in [-0.39, 0.29) is 0 Å². The van der Waals surface area contributed by atoms with E-state index in [1.165, 1.54) is 76.1 Å². The first-order valence-electron chi connectivity index (χ1n) is 17.6. The normalized spacial score (nSPS) is 11.5. The number of hydrogen-bond donors (Lipinski definition) is 0. The van der Waals surface area contributed by atoms with Gasteiger partial charge < -0.3 is 4.90 Å².